The lowest BCUT2D eigenvalue weighted by Crippen LogP contribution is -2.17. The highest BCUT2D eigenvalue weighted by molar-refractivity contribution is 7.17. The molecule has 3 aromatic rings. The second-order valence-electron chi connectivity index (χ2n) is 5.61. The number of thiazole rings is 1. The molecule has 0 saturated carbocycles. The van der Waals surface area contributed by atoms with Gasteiger partial charge >= 0.3 is 5.97 Å². The Hall–Kier alpha value is -3.32. The van der Waals surface area contributed by atoms with Crippen LogP contribution in [-0.2, 0) is 4.74 Å². The molecular weight excluding hydrogens is 362 g/mol. The van der Waals surface area contributed by atoms with Crippen molar-refractivity contribution in [3.8, 4) is 10.6 Å². The first kappa shape index (κ1) is 18.5. The first-order valence-electron chi connectivity index (χ1n) is 8.13. The number of amides is 1. The predicted octanol–water partition coefficient (Wildman–Crippen LogP) is 3.67. The average molecular weight is 379 g/mol. The van der Waals surface area contributed by atoms with Gasteiger partial charge in [0.1, 0.15) is 9.88 Å². The Morgan fingerprint density at radius 1 is 1.11 bits per heavy atom. The summed E-state index contributed by atoms with van der Waals surface area (Å²) in [5.41, 5.74) is 5.34. The van der Waals surface area contributed by atoms with Gasteiger partial charge in [0.25, 0.3) is 5.91 Å². The number of aryl methyl sites for hydroxylation is 1. The van der Waals surface area contributed by atoms with E-state index in [2.05, 4.69) is 20.2 Å². The van der Waals surface area contributed by atoms with Crippen LogP contribution in [0, 0.1) is 6.92 Å². The minimum Gasteiger partial charge on any atom is -0.465 e. The van der Waals surface area contributed by atoms with Crippen molar-refractivity contribution in [1.82, 2.24) is 10.4 Å². The Balaban J connectivity index is 1.66. The molecule has 1 heterocycles. The summed E-state index contributed by atoms with van der Waals surface area (Å²) >= 11 is 1.33. The lowest BCUT2D eigenvalue weighted by Gasteiger charge is -1.99. The van der Waals surface area contributed by atoms with Crippen LogP contribution in [0.15, 0.2) is 59.7 Å². The number of hydrazone groups is 1. The summed E-state index contributed by atoms with van der Waals surface area (Å²) in [6.45, 7) is 1.80. The van der Waals surface area contributed by atoms with Crippen molar-refractivity contribution in [2.75, 3.05) is 7.11 Å². The van der Waals surface area contributed by atoms with Crippen molar-refractivity contribution in [1.29, 1.82) is 0 Å². The fourth-order valence-electron chi connectivity index (χ4n) is 2.35. The van der Waals surface area contributed by atoms with E-state index < -0.39 is 5.97 Å². The molecule has 0 radical (unpaired) electrons. The van der Waals surface area contributed by atoms with E-state index in [1.165, 1.54) is 24.7 Å². The largest absolute Gasteiger partial charge is 0.465 e. The number of nitrogens with one attached hydrogen (secondary N) is 1. The van der Waals surface area contributed by atoms with Gasteiger partial charge in [0.2, 0.25) is 0 Å². The van der Waals surface area contributed by atoms with E-state index >= 15 is 0 Å². The van der Waals surface area contributed by atoms with Gasteiger partial charge in [-0.2, -0.15) is 5.10 Å². The first-order valence-corrected chi connectivity index (χ1v) is 8.95. The molecule has 0 atom stereocenters. The quantitative estimate of drug-likeness (QED) is 0.417. The summed E-state index contributed by atoms with van der Waals surface area (Å²) in [5.74, 6) is -0.712. The van der Waals surface area contributed by atoms with E-state index in [1.807, 2.05) is 30.3 Å². The highest BCUT2D eigenvalue weighted by atomic mass is 32.1. The number of nitrogens with zero attached hydrogens (tertiary/aromatic N) is 2. The highest BCUT2D eigenvalue weighted by Gasteiger charge is 2.15. The summed E-state index contributed by atoms with van der Waals surface area (Å²) in [6, 6.07) is 16.4. The normalized spacial score (nSPS) is 10.7. The van der Waals surface area contributed by atoms with Crippen LogP contribution in [-0.4, -0.2) is 30.2 Å². The van der Waals surface area contributed by atoms with Crippen LogP contribution < -0.4 is 5.43 Å². The zero-order valence-corrected chi connectivity index (χ0v) is 15.6. The monoisotopic (exact) mass is 379 g/mol. The number of rotatable bonds is 5. The summed E-state index contributed by atoms with van der Waals surface area (Å²) in [5, 5.41) is 4.77. The number of methoxy groups -OCH3 is 1. The predicted molar refractivity (Wildman–Crippen MR) is 105 cm³/mol. The van der Waals surface area contributed by atoms with Gasteiger partial charge in [-0.3, -0.25) is 4.79 Å². The molecule has 0 aliphatic heterocycles. The maximum Gasteiger partial charge on any atom is 0.337 e. The maximum absolute atomic E-state index is 12.4. The highest BCUT2D eigenvalue weighted by Crippen LogP contribution is 2.27. The molecule has 0 aliphatic carbocycles. The topological polar surface area (TPSA) is 80.6 Å². The third-order valence-corrected chi connectivity index (χ3v) is 4.94. The van der Waals surface area contributed by atoms with Crippen LogP contribution in [0.2, 0.25) is 0 Å². The molecule has 3 rings (SSSR count). The number of carbonyl (C=O) groups is 2. The molecular formula is C20H17N3O3S. The average Bonchev–Trinajstić information content (AvgIpc) is 3.10. The van der Waals surface area contributed by atoms with Gasteiger partial charge in [0.05, 0.1) is 24.6 Å². The van der Waals surface area contributed by atoms with Gasteiger partial charge in [0, 0.05) is 5.56 Å². The van der Waals surface area contributed by atoms with E-state index in [-0.39, 0.29) is 5.91 Å². The smallest absolute Gasteiger partial charge is 0.337 e. The van der Waals surface area contributed by atoms with Crippen molar-refractivity contribution in [3.63, 3.8) is 0 Å². The van der Waals surface area contributed by atoms with Crippen molar-refractivity contribution in [2.45, 2.75) is 6.92 Å². The van der Waals surface area contributed by atoms with Crippen molar-refractivity contribution in [3.05, 3.63) is 76.3 Å². The number of carbonyl (C=O) groups excluding carboxylic acids is 2. The lowest BCUT2D eigenvalue weighted by molar-refractivity contribution is 0.0600. The van der Waals surface area contributed by atoms with Crippen LogP contribution in [0.25, 0.3) is 10.6 Å². The summed E-state index contributed by atoms with van der Waals surface area (Å²) in [6.07, 6.45) is 1.51. The molecule has 6 nitrogen and oxygen atoms in total. The fraction of sp³-hybridized carbons (Fsp3) is 0.100. The third kappa shape index (κ3) is 4.45. The minimum absolute atomic E-state index is 0.311. The van der Waals surface area contributed by atoms with Crippen LogP contribution in [0.4, 0.5) is 0 Å². The van der Waals surface area contributed by atoms with E-state index in [4.69, 9.17) is 0 Å². The van der Waals surface area contributed by atoms with Gasteiger partial charge in [-0.15, -0.1) is 11.3 Å². The maximum atomic E-state index is 12.4. The fourth-order valence-corrected chi connectivity index (χ4v) is 3.31. The Morgan fingerprint density at radius 2 is 1.81 bits per heavy atom. The number of ether oxygens (including phenoxy) is 1. The van der Waals surface area contributed by atoms with E-state index in [1.54, 1.807) is 31.2 Å². The molecule has 0 saturated heterocycles. The molecule has 1 aromatic heterocycles. The zero-order chi connectivity index (χ0) is 19.2. The van der Waals surface area contributed by atoms with E-state index in [0.717, 1.165) is 16.1 Å². The van der Waals surface area contributed by atoms with Gasteiger partial charge < -0.3 is 4.74 Å². The second kappa shape index (κ2) is 8.37. The molecule has 7 heteroatoms. The number of hydrogen-bond acceptors (Lipinski definition) is 6. The molecule has 27 heavy (non-hydrogen) atoms. The Morgan fingerprint density at radius 3 is 2.48 bits per heavy atom. The standard InChI is InChI=1S/C20H17N3O3S/c1-13-17(27-19(22-13)15-6-4-3-5-7-15)18(24)23-21-12-14-8-10-16(11-9-14)20(25)26-2/h3-12H,1-2H3,(H,23,24)/b21-12+. The van der Waals surface area contributed by atoms with Crippen LogP contribution in [0.5, 0.6) is 0 Å². The van der Waals surface area contributed by atoms with E-state index in [0.29, 0.717) is 16.1 Å². The molecule has 1 amide bonds. The second-order valence-corrected chi connectivity index (χ2v) is 6.61. The summed E-state index contributed by atoms with van der Waals surface area (Å²) < 4.78 is 4.65. The van der Waals surface area contributed by atoms with Crippen LogP contribution >= 0.6 is 11.3 Å². The molecule has 1 N–H and O–H groups in total. The number of aromatic nitrogens is 1. The van der Waals surface area contributed by atoms with Gasteiger partial charge in [0.15, 0.2) is 0 Å². The summed E-state index contributed by atoms with van der Waals surface area (Å²) in [4.78, 5) is 28.8. The summed E-state index contributed by atoms with van der Waals surface area (Å²) in [7, 11) is 1.33. The van der Waals surface area contributed by atoms with Crippen molar-refractivity contribution >= 4 is 29.4 Å². The molecule has 0 spiro atoms. The lowest BCUT2D eigenvalue weighted by atomic mass is 10.1. The van der Waals surface area contributed by atoms with Gasteiger partial charge in [-0.05, 0) is 24.6 Å². The Labute approximate surface area is 160 Å². The van der Waals surface area contributed by atoms with Crippen molar-refractivity contribution < 1.29 is 14.3 Å². The minimum atomic E-state index is -0.401. The van der Waals surface area contributed by atoms with Gasteiger partial charge in [-0.1, -0.05) is 42.5 Å². The van der Waals surface area contributed by atoms with Crippen LogP contribution in [0.1, 0.15) is 31.3 Å². The van der Waals surface area contributed by atoms with Gasteiger partial charge in [-0.25, -0.2) is 15.2 Å². The van der Waals surface area contributed by atoms with Crippen LogP contribution in [0.3, 0.4) is 0 Å². The molecule has 136 valence electrons. The number of hydrogen-bond donors (Lipinski definition) is 1. The molecule has 2 aromatic carbocycles. The SMILES string of the molecule is COC(=O)c1ccc(/C=N/NC(=O)c2sc(-c3ccccc3)nc2C)cc1. The number of benzene rings is 2. The Kier molecular flexibility index (Phi) is 5.73. The number of esters is 1. The van der Waals surface area contributed by atoms with E-state index in [9.17, 15) is 9.59 Å². The Bertz CT molecular complexity index is 979. The first-order chi connectivity index (χ1) is 13.1. The molecule has 0 unspecified atom stereocenters. The molecule has 0 aliphatic rings. The zero-order valence-electron chi connectivity index (χ0n) is 14.8. The molecule has 0 fully saturated rings. The van der Waals surface area contributed by atoms with Crippen molar-refractivity contribution in [2.24, 2.45) is 5.10 Å². The third-order valence-electron chi connectivity index (χ3n) is 3.74. The molecule has 0 bridgehead atoms.